The normalized spacial score (nSPS) is 31.2. The van der Waals surface area contributed by atoms with Gasteiger partial charge in [-0.15, -0.1) is 0 Å². The second kappa shape index (κ2) is 3.74. The van der Waals surface area contributed by atoms with Crippen LogP contribution in [0.2, 0.25) is 0 Å². The fraction of sp³-hybridized carbons (Fsp3) is 0.615. The molecule has 3 aliphatic rings. The van der Waals surface area contributed by atoms with Crippen LogP contribution in [0.1, 0.15) is 29.9 Å². The number of aromatic nitrogens is 1. The number of fused-ring (bicyclic) bond motifs is 3. The molecule has 0 radical (unpaired) electrons. The number of aryl methyl sites for hydroxylation is 1. The van der Waals surface area contributed by atoms with Crippen LogP contribution in [0.5, 0.6) is 0 Å². The lowest BCUT2D eigenvalue weighted by atomic mass is 9.83. The summed E-state index contributed by atoms with van der Waals surface area (Å²) in [5.74, 6) is 1.75. The molecule has 0 N–H and O–H groups in total. The first-order valence-electron chi connectivity index (χ1n) is 6.10. The summed E-state index contributed by atoms with van der Waals surface area (Å²) in [6.07, 6.45) is 4.86. The molecule has 2 bridgehead atoms. The van der Waals surface area contributed by atoms with E-state index in [1.165, 1.54) is 37.1 Å². The zero-order valence-corrected chi connectivity index (χ0v) is 9.99. The lowest BCUT2D eigenvalue weighted by Crippen LogP contribution is -2.42. The van der Waals surface area contributed by atoms with Crippen molar-refractivity contribution in [3.8, 4) is 0 Å². The summed E-state index contributed by atoms with van der Waals surface area (Å²) in [4.78, 5) is 2.53. The molecule has 3 fully saturated rings. The second-order valence-corrected chi connectivity index (χ2v) is 5.03. The molecule has 16 heavy (non-hydrogen) atoms. The molecule has 0 aliphatic carbocycles. The molecule has 0 amide bonds. The molecule has 0 atom stereocenters. The highest BCUT2D eigenvalue weighted by molar-refractivity contribution is 5.53. The van der Waals surface area contributed by atoms with Crippen molar-refractivity contribution in [2.45, 2.75) is 26.7 Å². The Hall–Kier alpha value is -1.09. The van der Waals surface area contributed by atoms with E-state index in [-0.39, 0.29) is 0 Å². The molecule has 0 aromatic carbocycles. The first kappa shape index (κ1) is 10.1. The molecule has 4 heterocycles. The molecule has 0 spiro atoms. The van der Waals surface area contributed by atoms with Gasteiger partial charge in [0, 0.05) is 12.1 Å². The van der Waals surface area contributed by atoms with E-state index in [2.05, 4.69) is 23.1 Å². The highest BCUT2D eigenvalue weighted by Crippen LogP contribution is 2.33. The van der Waals surface area contributed by atoms with Crippen molar-refractivity contribution >= 4 is 6.08 Å². The number of hydrogen-bond acceptors (Lipinski definition) is 3. The van der Waals surface area contributed by atoms with Crippen molar-refractivity contribution in [1.82, 2.24) is 10.1 Å². The third-order valence-corrected chi connectivity index (χ3v) is 4.03. The summed E-state index contributed by atoms with van der Waals surface area (Å²) in [7, 11) is 0. The van der Waals surface area contributed by atoms with Gasteiger partial charge in [-0.1, -0.05) is 5.16 Å². The molecule has 3 aliphatic heterocycles. The maximum atomic E-state index is 5.36. The zero-order valence-electron chi connectivity index (χ0n) is 9.99. The number of hydrogen-bond donors (Lipinski definition) is 0. The summed E-state index contributed by atoms with van der Waals surface area (Å²) >= 11 is 0. The minimum Gasteiger partial charge on any atom is -0.356 e. The van der Waals surface area contributed by atoms with Crippen molar-refractivity contribution in [3.63, 3.8) is 0 Å². The molecule has 0 unspecified atom stereocenters. The van der Waals surface area contributed by atoms with Gasteiger partial charge in [0.2, 0.25) is 0 Å². The summed E-state index contributed by atoms with van der Waals surface area (Å²) in [6.45, 7) is 7.76. The summed E-state index contributed by atoms with van der Waals surface area (Å²) in [5.41, 5.74) is 3.73. The van der Waals surface area contributed by atoms with Gasteiger partial charge >= 0.3 is 0 Å². The molecular weight excluding hydrogens is 200 g/mol. The Morgan fingerprint density at radius 1 is 1.31 bits per heavy atom. The lowest BCUT2D eigenvalue weighted by molar-refractivity contribution is 0.163. The Kier molecular flexibility index (Phi) is 2.36. The maximum absolute atomic E-state index is 5.36. The molecule has 3 heteroatoms. The van der Waals surface area contributed by atoms with Crippen molar-refractivity contribution < 1.29 is 4.52 Å². The smallest absolute Gasteiger partial charge is 0.162 e. The quantitative estimate of drug-likeness (QED) is 0.725. The van der Waals surface area contributed by atoms with Crippen LogP contribution in [0.15, 0.2) is 10.1 Å². The summed E-state index contributed by atoms with van der Waals surface area (Å²) < 4.78 is 5.36. The molecule has 4 rings (SSSR count). The predicted molar refractivity (Wildman–Crippen MR) is 63.1 cm³/mol. The van der Waals surface area contributed by atoms with Gasteiger partial charge < -0.3 is 4.52 Å². The van der Waals surface area contributed by atoms with Crippen molar-refractivity contribution in [1.29, 1.82) is 0 Å². The molecule has 3 nitrogen and oxygen atoms in total. The van der Waals surface area contributed by atoms with Crippen LogP contribution < -0.4 is 0 Å². The monoisotopic (exact) mass is 218 g/mol. The predicted octanol–water partition coefficient (Wildman–Crippen LogP) is 2.40. The van der Waals surface area contributed by atoms with Crippen LogP contribution in [-0.2, 0) is 0 Å². The Balaban J connectivity index is 1.90. The van der Waals surface area contributed by atoms with Gasteiger partial charge in [-0.2, -0.15) is 0 Å². The Morgan fingerprint density at radius 3 is 2.56 bits per heavy atom. The third kappa shape index (κ3) is 1.59. The standard InChI is InChI=1S/C13H18N2O/c1-9-10(2)14-16-13(9)7-12-8-15-5-3-11(12)4-6-15/h7,11H,3-6,8H2,1-2H3/b12-7+. The maximum Gasteiger partial charge on any atom is 0.162 e. The van der Waals surface area contributed by atoms with Gasteiger partial charge in [-0.25, -0.2) is 0 Å². The average Bonchev–Trinajstić information content (AvgIpc) is 2.63. The van der Waals surface area contributed by atoms with Gasteiger partial charge in [0.15, 0.2) is 5.76 Å². The minimum absolute atomic E-state index is 0.787. The van der Waals surface area contributed by atoms with Crippen LogP contribution in [0.4, 0.5) is 0 Å². The first-order valence-corrected chi connectivity index (χ1v) is 6.10. The van der Waals surface area contributed by atoms with Crippen LogP contribution in [-0.4, -0.2) is 29.7 Å². The highest BCUT2D eigenvalue weighted by Gasteiger charge is 2.29. The van der Waals surface area contributed by atoms with Crippen LogP contribution in [0.25, 0.3) is 6.08 Å². The van der Waals surface area contributed by atoms with Crippen LogP contribution in [0.3, 0.4) is 0 Å². The van der Waals surface area contributed by atoms with E-state index in [4.69, 9.17) is 4.52 Å². The van der Waals surface area contributed by atoms with Gasteiger partial charge in [0.25, 0.3) is 0 Å². The van der Waals surface area contributed by atoms with E-state index < -0.39 is 0 Å². The average molecular weight is 218 g/mol. The first-order chi connectivity index (χ1) is 7.74. The molecule has 3 saturated heterocycles. The molecular formula is C13H18N2O. The third-order valence-electron chi connectivity index (χ3n) is 4.03. The summed E-state index contributed by atoms with van der Waals surface area (Å²) in [6, 6.07) is 0. The van der Waals surface area contributed by atoms with E-state index in [0.29, 0.717) is 0 Å². The number of piperidine rings is 3. The Labute approximate surface area is 96.1 Å². The van der Waals surface area contributed by atoms with Crippen molar-refractivity contribution in [2.24, 2.45) is 5.92 Å². The van der Waals surface area contributed by atoms with E-state index in [0.717, 1.165) is 23.9 Å². The van der Waals surface area contributed by atoms with Crippen molar-refractivity contribution in [3.05, 3.63) is 22.6 Å². The number of nitrogens with zero attached hydrogens (tertiary/aromatic N) is 2. The van der Waals surface area contributed by atoms with Gasteiger partial charge in [0.05, 0.1) is 5.69 Å². The number of rotatable bonds is 1. The van der Waals surface area contributed by atoms with Crippen LogP contribution >= 0.6 is 0 Å². The summed E-state index contributed by atoms with van der Waals surface area (Å²) in [5, 5.41) is 4.01. The van der Waals surface area contributed by atoms with Crippen molar-refractivity contribution in [2.75, 3.05) is 19.6 Å². The Morgan fingerprint density at radius 2 is 2.06 bits per heavy atom. The fourth-order valence-corrected chi connectivity index (χ4v) is 2.75. The minimum atomic E-state index is 0.787. The second-order valence-electron chi connectivity index (χ2n) is 5.03. The SMILES string of the molecule is Cc1noc(/C=C2\CN3CCC2CC3)c1C. The molecule has 1 aromatic heterocycles. The topological polar surface area (TPSA) is 29.3 Å². The lowest BCUT2D eigenvalue weighted by Gasteiger charge is -2.40. The van der Waals surface area contributed by atoms with E-state index in [1.807, 2.05) is 6.92 Å². The zero-order chi connectivity index (χ0) is 11.1. The molecule has 1 aromatic rings. The fourth-order valence-electron chi connectivity index (χ4n) is 2.75. The van der Waals surface area contributed by atoms with E-state index in [1.54, 1.807) is 0 Å². The largest absolute Gasteiger partial charge is 0.356 e. The highest BCUT2D eigenvalue weighted by atomic mass is 16.5. The van der Waals surface area contributed by atoms with Gasteiger partial charge in [-0.05, 0) is 57.3 Å². The van der Waals surface area contributed by atoms with Gasteiger partial charge in [0.1, 0.15) is 0 Å². The molecule has 0 saturated carbocycles. The van der Waals surface area contributed by atoms with Gasteiger partial charge in [-0.3, -0.25) is 4.90 Å². The van der Waals surface area contributed by atoms with Crippen LogP contribution in [0, 0.1) is 19.8 Å². The van der Waals surface area contributed by atoms with E-state index >= 15 is 0 Å². The van der Waals surface area contributed by atoms with E-state index in [9.17, 15) is 0 Å². The Bertz CT molecular complexity index is 425. The molecule has 86 valence electrons.